The maximum Gasteiger partial charge on any atom is 0.224 e. The van der Waals surface area contributed by atoms with Crippen molar-refractivity contribution in [2.75, 3.05) is 25.2 Å². The van der Waals surface area contributed by atoms with E-state index >= 15 is 0 Å². The third-order valence-electron chi connectivity index (χ3n) is 3.06. The third kappa shape index (κ3) is 3.43. The van der Waals surface area contributed by atoms with E-state index in [2.05, 4.69) is 27.8 Å². The maximum atomic E-state index is 9.07. The highest BCUT2D eigenvalue weighted by Crippen LogP contribution is 2.30. The second kappa shape index (κ2) is 8.14. The summed E-state index contributed by atoms with van der Waals surface area (Å²) in [5.74, 6) is 0.367. The van der Waals surface area contributed by atoms with Crippen LogP contribution in [0.25, 0.3) is 11.2 Å². The molecule has 9 heteroatoms. The molecule has 2 atom stereocenters. The van der Waals surface area contributed by atoms with Gasteiger partial charge in [0.2, 0.25) is 5.95 Å². The number of terminal acetylenes is 1. The molecule has 1 fully saturated rings. The molecule has 1 aliphatic heterocycles. The minimum atomic E-state index is -0.194. The molecule has 0 radical (unpaired) electrons. The molecule has 3 rings (SSSR count). The van der Waals surface area contributed by atoms with Crippen LogP contribution < -0.4 is 11.5 Å². The summed E-state index contributed by atoms with van der Waals surface area (Å²) < 4.78 is 7.45. The zero-order valence-corrected chi connectivity index (χ0v) is 12.3. The summed E-state index contributed by atoms with van der Waals surface area (Å²) in [6.07, 6.45) is 10.9. The van der Waals surface area contributed by atoms with Crippen LogP contribution in [-0.2, 0) is 4.74 Å². The summed E-state index contributed by atoms with van der Waals surface area (Å²) in [6.45, 7) is 0.0163. The van der Waals surface area contributed by atoms with E-state index in [0.29, 0.717) is 11.2 Å². The van der Waals surface area contributed by atoms with E-state index in [0.717, 1.165) is 20.0 Å². The van der Waals surface area contributed by atoms with E-state index in [9.17, 15) is 0 Å². The Morgan fingerprint density at radius 3 is 2.59 bits per heavy atom. The Morgan fingerprint density at radius 1 is 1.32 bits per heavy atom. The quantitative estimate of drug-likeness (QED) is 0.544. The van der Waals surface area contributed by atoms with Gasteiger partial charge >= 0.3 is 0 Å². The van der Waals surface area contributed by atoms with Gasteiger partial charge in [0, 0.05) is 7.11 Å². The number of nitrogen functional groups attached to an aromatic ring is 2. The van der Waals surface area contributed by atoms with Crippen LogP contribution in [0.1, 0.15) is 19.1 Å². The Balaban J connectivity index is 0.000000561. The molecule has 0 aliphatic carbocycles. The lowest BCUT2D eigenvalue weighted by atomic mass is 10.2. The van der Waals surface area contributed by atoms with Gasteiger partial charge in [-0.1, -0.05) is 0 Å². The Kier molecular flexibility index (Phi) is 6.52. The molecule has 0 bridgehead atoms. The lowest BCUT2D eigenvalue weighted by Gasteiger charge is -2.13. The maximum absolute atomic E-state index is 9.07. The van der Waals surface area contributed by atoms with E-state index in [4.69, 9.17) is 26.4 Å². The van der Waals surface area contributed by atoms with Crippen molar-refractivity contribution in [3.63, 3.8) is 0 Å². The number of anilines is 2. The molecule has 22 heavy (non-hydrogen) atoms. The lowest BCUT2D eigenvalue weighted by Crippen LogP contribution is -2.14. The highest BCUT2D eigenvalue weighted by Gasteiger charge is 2.27. The van der Waals surface area contributed by atoms with Crippen LogP contribution in [0.2, 0.25) is 0 Å². The number of aromatic nitrogens is 4. The van der Waals surface area contributed by atoms with E-state index < -0.39 is 0 Å². The predicted octanol–water partition coefficient (Wildman–Crippen LogP) is -0.481. The molecule has 3 heterocycles. The van der Waals surface area contributed by atoms with Crippen LogP contribution in [0.5, 0.6) is 0 Å². The largest absolute Gasteiger partial charge is 0.400 e. The summed E-state index contributed by atoms with van der Waals surface area (Å²) in [6, 6.07) is 0. The van der Waals surface area contributed by atoms with E-state index in [1.54, 1.807) is 10.9 Å². The monoisotopic (exact) mass is 308 g/mol. The lowest BCUT2D eigenvalue weighted by molar-refractivity contribution is -0.0207. The van der Waals surface area contributed by atoms with Gasteiger partial charge in [0.15, 0.2) is 11.5 Å². The molecule has 0 aromatic carbocycles. The van der Waals surface area contributed by atoms with Crippen molar-refractivity contribution in [3.05, 3.63) is 6.33 Å². The van der Waals surface area contributed by atoms with Crippen LogP contribution in [0, 0.1) is 12.8 Å². The molecular formula is C13H20N6O3. The van der Waals surface area contributed by atoms with Crippen molar-refractivity contribution in [1.82, 2.24) is 19.5 Å². The topological polar surface area (TPSA) is 145 Å². The van der Waals surface area contributed by atoms with Crippen molar-refractivity contribution >= 4 is 22.9 Å². The van der Waals surface area contributed by atoms with Crippen molar-refractivity contribution < 1.29 is 14.9 Å². The Bertz CT molecular complexity index is 627. The number of rotatable bonds is 2. The second-order valence-corrected chi connectivity index (χ2v) is 4.26. The van der Waals surface area contributed by atoms with Crippen molar-refractivity contribution in [3.8, 4) is 12.8 Å². The van der Waals surface area contributed by atoms with Gasteiger partial charge < -0.3 is 26.4 Å². The van der Waals surface area contributed by atoms with Crippen LogP contribution >= 0.6 is 0 Å². The molecule has 2 aromatic rings. The van der Waals surface area contributed by atoms with Crippen molar-refractivity contribution in [2.45, 2.75) is 25.2 Å². The number of hydrogen-bond acceptors (Lipinski definition) is 8. The van der Waals surface area contributed by atoms with Crippen LogP contribution in [-0.4, -0.2) is 49.6 Å². The first kappa shape index (κ1) is 17.6. The zero-order valence-electron chi connectivity index (χ0n) is 12.3. The first-order valence-electron chi connectivity index (χ1n) is 6.49. The number of imidazole rings is 1. The van der Waals surface area contributed by atoms with Crippen LogP contribution in [0.15, 0.2) is 6.33 Å². The number of nitrogens with zero attached hydrogens (tertiary/aromatic N) is 4. The number of ether oxygens (including phenoxy) is 1. The summed E-state index contributed by atoms with van der Waals surface area (Å²) in [7, 11) is 1.00. The Morgan fingerprint density at radius 2 is 2.00 bits per heavy atom. The Hall–Kier alpha value is -2.41. The summed E-state index contributed by atoms with van der Waals surface area (Å²) >= 11 is 0. The van der Waals surface area contributed by atoms with Crippen molar-refractivity contribution in [2.24, 2.45) is 0 Å². The van der Waals surface area contributed by atoms with Gasteiger partial charge in [-0.05, 0) is 12.8 Å². The third-order valence-corrected chi connectivity index (χ3v) is 3.06. The molecule has 120 valence electrons. The number of aliphatic hydroxyl groups excluding tert-OH is 2. The van der Waals surface area contributed by atoms with Gasteiger partial charge in [-0.25, -0.2) is 4.98 Å². The molecule has 1 aliphatic rings. The average Bonchev–Trinajstić information content (AvgIpc) is 3.17. The van der Waals surface area contributed by atoms with Crippen LogP contribution in [0.4, 0.5) is 11.8 Å². The van der Waals surface area contributed by atoms with Gasteiger partial charge in [-0.3, -0.25) is 4.57 Å². The smallest absolute Gasteiger partial charge is 0.224 e. The average molecular weight is 308 g/mol. The number of hydrogen-bond donors (Lipinski definition) is 4. The normalized spacial score (nSPS) is 19.9. The minimum Gasteiger partial charge on any atom is -0.400 e. The molecular weight excluding hydrogens is 288 g/mol. The fourth-order valence-electron chi connectivity index (χ4n) is 2.19. The summed E-state index contributed by atoms with van der Waals surface area (Å²) in [4.78, 5) is 12.2. The second-order valence-electron chi connectivity index (χ2n) is 4.26. The molecule has 6 N–H and O–H groups in total. The van der Waals surface area contributed by atoms with Gasteiger partial charge in [0.25, 0.3) is 0 Å². The number of fused-ring (bicyclic) bond motifs is 1. The fraction of sp³-hybridized carbons (Fsp3) is 0.462. The number of nitrogens with two attached hydrogens (primary N) is 2. The number of aliphatic hydroxyl groups is 2. The molecule has 0 spiro atoms. The van der Waals surface area contributed by atoms with Gasteiger partial charge in [0.05, 0.1) is 19.0 Å². The minimum absolute atomic E-state index is 0.0163. The molecule has 1 saturated heterocycles. The fourth-order valence-corrected chi connectivity index (χ4v) is 2.19. The summed E-state index contributed by atoms with van der Waals surface area (Å²) in [5, 5.41) is 16.1. The van der Waals surface area contributed by atoms with E-state index in [1.807, 2.05) is 0 Å². The SMILES string of the molecule is C#C.CO.Nc1nc(N)c2ncn(C3CCC(CO)O3)c2n1. The van der Waals surface area contributed by atoms with Gasteiger partial charge in [-0.15, -0.1) is 12.8 Å². The van der Waals surface area contributed by atoms with E-state index in [1.165, 1.54) is 0 Å². The van der Waals surface area contributed by atoms with Gasteiger partial charge in [-0.2, -0.15) is 9.97 Å². The van der Waals surface area contributed by atoms with E-state index in [-0.39, 0.29) is 30.7 Å². The van der Waals surface area contributed by atoms with Crippen LogP contribution in [0.3, 0.4) is 0 Å². The molecule has 9 nitrogen and oxygen atoms in total. The molecule has 2 aromatic heterocycles. The Labute approximate surface area is 127 Å². The molecule has 0 amide bonds. The predicted molar refractivity (Wildman–Crippen MR) is 82.4 cm³/mol. The highest BCUT2D eigenvalue weighted by molar-refractivity contribution is 5.82. The van der Waals surface area contributed by atoms with Gasteiger partial charge in [0.1, 0.15) is 11.7 Å². The highest BCUT2D eigenvalue weighted by atomic mass is 16.5. The zero-order chi connectivity index (χ0) is 16.7. The first-order chi connectivity index (χ1) is 10.7. The van der Waals surface area contributed by atoms with Crippen molar-refractivity contribution in [1.29, 1.82) is 0 Å². The molecule has 0 saturated carbocycles. The standard InChI is InChI=1S/C10H14N6O2.C2H2.CH4O/c11-8-7-9(15-10(12)14-8)16(4-13-7)6-2-1-5(3-17)18-6;2*1-2/h4-6,17H,1-3H2,(H4,11,12,14,15);1-2H;2H,1H3. The molecule has 2 unspecified atom stereocenters. The summed E-state index contributed by atoms with van der Waals surface area (Å²) in [5.41, 5.74) is 12.4. The first-order valence-corrected chi connectivity index (χ1v) is 6.49.